The summed E-state index contributed by atoms with van der Waals surface area (Å²) in [5, 5.41) is 4.16. The molecular weight excluding hydrogens is 290 g/mol. The van der Waals surface area contributed by atoms with Crippen LogP contribution in [0.5, 0.6) is 5.75 Å². The molecule has 3 rings (SSSR count). The predicted octanol–water partition coefficient (Wildman–Crippen LogP) is 1.89. The quantitative estimate of drug-likeness (QED) is 0.814. The number of rotatable bonds is 6. The molecule has 23 heavy (non-hydrogen) atoms. The van der Waals surface area contributed by atoms with Crippen LogP contribution in [0.25, 0.3) is 0 Å². The molecule has 1 aliphatic rings. The van der Waals surface area contributed by atoms with Crippen LogP contribution in [0.3, 0.4) is 0 Å². The van der Waals surface area contributed by atoms with E-state index < -0.39 is 0 Å². The Morgan fingerprint density at radius 2 is 1.96 bits per heavy atom. The summed E-state index contributed by atoms with van der Waals surface area (Å²) in [7, 11) is 3.92. The fourth-order valence-corrected chi connectivity index (χ4v) is 3.15. The molecule has 6 heteroatoms. The molecule has 1 saturated heterocycles. The Bertz CT molecular complexity index is 576. The number of hydrogen-bond donors (Lipinski definition) is 0. The Morgan fingerprint density at radius 3 is 2.57 bits per heavy atom. The fourth-order valence-electron chi connectivity index (χ4n) is 3.15. The van der Waals surface area contributed by atoms with Crippen LogP contribution in [0.2, 0.25) is 0 Å². The van der Waals surface area contributed by atoms with E-state index in [2.05, 4.69) is 39.1 Å². The molecule has 0 spiro atoms. The lowest BCUT2D eigenvalue weighted by Gasteiger charge is -2.38. The van der Waals surface area contributed by atoms with Gasteiger partial charge in [0.1, 0.15) is 18.4 Å². The van der Waals surface area contributed by atoms with Crippen molar-refractivity contribution in [2.45, 2.75) is 25.4 Å². The monoisotopic (exact) mass is 315 g/mol. The molecule has 1 aliphatic heterocycles. The Morgan fingerprint density at radius 1 is 1.22 bits per heavy atom. The first-order chi connectivity index (χ1) is 11.3. The second-order valence-electron chi connectivity index (χ2n) is 6.06. The number of nitrogens with zero attached hydrogens (tertiary/aromatic N) is 5. The molecule has 0 saturated carbocycles. The number of anilines is 1. The fraction of sp³-hybridized carbons (Fsp3) is 0.529. The van der Waals surface area contributed by atoms with E-state index in [4.69, 9.17) is 4.74 Å². The maximum Gasteiger partial charge on any atom is 0.137 e. The second kappa shape index (κ2) is 7.46. The van der Waals surface area contributed by atoms with E-state index in [1.165, 1.54) is 18.5 Å². The zero-order valence-corrected chi connectivity index (χ0v) is 13.9. The first kappa shape index (κ1) is 15.8. The van der Waals surface area contributed by atoms with Crippen molar-refractivity contribution in [3.05, 3.63) is 36.9 Å². The molecule has 1 aromatic carbocycles. The summed E-state index contributed by atoms with van der Waals surface area (Å²) in [5.41, 5.74) is 1.29. The lowest BCUT2D eigenvalue weighted by Crippen LogP contribution is -2.44. The van der Waals surface area contributed by atoms with Gasteiger partial charge in [0.15, 0.2) is 0 Å². The van der Waals surface area contributed by atoms with Crippen molar-refractivity contribution in [2.24, 2.45) is 0 Å². The third kappa shape index (κ3) is 4.01. The third-order valence-corrected chi connectivity index (χ3v) is 4.67. The molecule has 0 bridgehead atoms. The molecule has 2 heterocycles. The van der Waals surface area contributed by atoms with E-state index in [1.54, 1.807) is 19.8 Å². The Kier molecular flexibility index (Phi) is 5.12. The van der Waals surface area contributed by atoms with Crippen molar-refractivity contribution in [3.8, 4) is 5.75 Å². The van der Waals surface area contributed by atoms with Crippen molar-refractivity contribution in [2.75, 3.05) is 38.7 Å². The van der Waals surface area contributed by atoms with Crippen LogP contribution in [0.4, 0.5) is 5.69 Å². The Balaban J connectivity index is 1.47. The largest absolute Gasteiger partial charge is 0.497 e. The van der Waals surface area contributed by atoms with Gasteiger partial charge >= 0.3 is 0 Å². The average molecular weight is 315 g/mol. The Labute approximate surface area is 137 Å². The smallest absolute Gasteiger partial charge is 0.137 e. The summed E-state index contributed by atoms with van der Waals surface area (Å²) in [6, 6.07) is 9.01. The Hall–Kier alpha value is -2.08. The van der Waals surface area contributed by atoms with Gasteiger partial charge in [0.2, 0.25) is 0 Å². The highest BCUT2D eigenvalue weighted by atomic mass is 16.5. The van der Waals surface area contributed by atoms with Crippen LogP contribution in [-0.4, -0.2) is 59.5 Å². The van der Waals surface area contributed by atoms with Gasteiger partial charge in [0.05, 0.1) is 13.7 Å². The molecule has 0 N–H and O–H groups in total. The van der Waals surface area contributed by atoms with E-state index in [-0.39, 0.29) is 0 Å². The van der Waals surface area contributed by atoms with Crippen LogP contribution >= 0.6 is 0 Å². The van der Waals surface area contributed by atoms with Gasteiger partial charge < -0.3 is 14.5 Å². The summed E-state index contributed by atoms with van der Waals surface area (Å²) in [5.74, 6) is 0.913. The molecule has 1 aromatic heterocycles. The number of hydrogen-bond acceptors (Lipinski definition) is 5. The molecule has 2 aromatic rings. The highest BCUT2D eigenvalue weighted by Gasteiger charge is 2.22. The molecule has 124 valence electrons. The van der Waals surface area contributed by atoms with Crippen LogP contribution in [0.15, 0.2) is 36.9 Å². The van der Waals surface area contributed by atoms with Crippen LogP contribution in [0.1, 0.15) is 12.8 Å². The van der Waals surface area contributed by atoms with Gasteiger partial charge in [0, 0.05) is 31.4 Å². The summed E-state index contributed by atoms with van der Waals surface area (Å²) < 4.78 is 7.12. The number of piperidine rings is 1. The SMILES string of the molecule is COc1ccc(N2CCC(N(C)CCn3cncn3)CC2)cc1. The number of aromatic nitrogens is 3. The normalized spacial score (nSPS) is 16.0. The minimum Gasteiger partial charge on any atom is -0.497 e. The lowest BCUT2D eigenvalue weighted by molar-refractivity contribution is 0.198. The van der Waals surface area contributed by atoms with Gasteiger partial charge in [-0.3, -0.25) is 4.68 Å². The zero-order valence-electron chi connectivity index (χ0n) is 13.9. The summed E-state index contributed by atoms with van der Waals surface area (Å²) in [6.07, 6.45) is 5.76. The minimum atomic E-state index is 0.646. The average Bonchev–Trinajstić information content (AvgIpc) is 3.13. The molecule has 0 unspecified atom stereocenters. The lowest BCUT2D eigenvalue weighted by atomic mass is 10.0. The van der Waals surface area contributed by atoms with E-state index in [1.807, 2.05) is 16.8 Å². The maximum atomic E-state index is 5.23. The van der Waals surface area contributed by atoms with Crippen molar-refractivity contribution in [1.29, 1.82) is 0 Å². The first-order valence-electron chi connectivity index (χ1n) is 8.18. The van der Waals surface area contributed by atoms with Gasteiger partial charge in [0.25, 0.3) is 0 Å². The van der Waals surface area contributed by atoms with Gasteiger partial charge in [-0.1, -0.05) is 0 Å². The predicted molar refractivity (Wildman–Crippen MR) is 90.9 cm³/mol. The van der Waals surface area contributed by atoms with Crippen LogP contribution < -0.4 is 9.64 Å². The first-order valence-corrected chi connectivity index (χ1v) is 8.18. The van der Waals surface area contributed by atoms with E-state index in [0.717, 1.165) is 31.9 Å². The number of methoxy groups -OCH3 is 1. The number of ether oxygens (including phenoxy) is 1. The van der Waals surface area contributed by atoms with Crippen molar-refractivity contribution in [3.63, 3.8) is 0 Å². The summed E-state index contributed by atoms with van der Waals surface area (Å²) in [6.45, 7) is 4.11. The van der Waals surface area contributed by atoms with E-state index >= 15 is 0 Å². The zero-order chi connectivity index (χ0) is 16.1. The highest BCUT2D eigenvalue weighted by molar-refractivity contribution is 5.49. The van der Waals surface area contributed by atoms with Crippen molar-refractivity contribution in [1.82, 2.24) is 19.7 Å². The number of benzene rings is 1. The minimum absolute atomic E-state index is 0.646. The van der Waals surface area contributed by atoms with E-state index in [9.17, 15) is 0 Å². The molecule has 0 atom stereocenters. The van der Waals surface area contributed by atoms with Crippen LogP contribution in [-0.2, 0) is 6.54 Å². The van der Waals surface area contributed by atoms with Gasteiger partial charge in [-0.25, -0.2) is 4.98 Å². The summed E-state index contributed by atoms with van der Waals surface area (Å²) in [4.78, 5) is 8.90. The topological polar surface area (TPSA) is 46.4 Å². The van der Waals surface area contributed by atoms with Crippen molar-refractivity contribution < 1.29 is 4.74 Å². The highest BCUT2D eigenvalue weighted by Crippen LogP contribution is 2.24. The molecule has 1 fully saturated rings. The summed E-state index contributed by atoms with van der Waals surface area (Å²) >= 11 is 0. The molecule has 6 nitrogen and oxygen atoms in total. The van der Waals surface area contributed by atoms with E-state index in [0.29, 0.717) is 6.04 Å². The number of likely N-dealkylation sites (N-methyl/N-ethyl adjacent to an activating group) is 1. The van der Waals surface area contributed by atoms with Crippen molar-refractivity contribution >= 4 is 5.69 Å². The third-order valence-electron chi connectivity index (χ3n) is 4.67. The maximum absolute atomic E-state index is 5.23. The molecule has 0 aliphatic carbocycles. The second-order valence-corrected chi connectivity index (χ2v) is 6.06. The van der Waals surface area contributed by atoms with Gasteiger partial charge in [-0.2, -0.15) is 5.10 Å². The van der Waals surface area contributed by atoms with Gasteiger partial charge in [-0.15, -0.1) is 0 Å². The standard InChI is InChI=1S/C17H25N5O/c1-20(11-12-22-14-18-13-19-22)15-7-9-21(10-8-15)16-3-5-17(23-2)6-4-16/h3-6,13-15H,7-12H2,1-2H3. The molecule has 0 radical (unpaired) electrons. The van der Waals surface area contributed by atoms with Crippen LogP contribution in [0, 0.1) is 0 Å². The van der Waals surface area contributed by atoms with Gasteiger partial charge in [-0.05, 0) is 44.2 Å². The molecular formula is C17H25N5O. The molecule has 0 amide bonds.